The Labute approximate surface area is 134 Å². The van der Waals surface area contributed by atoms with Gasteiger partial charge in [-0.15, -0.1) is 0 Å². The molecule has 0 atom stereocenters. The number of hydrogen-bond donors (Lipinski definition) is 1. The Morgan fingerprint density at radius 1 is 1.29 bits per heavy atom. The number of benzene rings is 2. The van der Waals surface area contributed by atoms with Crippen molar-refractivity contribution in [3.8, 4) is 11.8 Å². The first-order valence-electron chi connectivity index (χ1n) is 6.56. The average molecular weight is 337 g/mol. The predicted molar refractivity (Wildman–Crippen MR) is 78.2 cm³/mol. The molecule has 0 aliphatic rings. The van der Waals surface area contributed by atoms with E-state index >= 15 is 0 Å². The van der Waals surface area contributed by atoms with E-state index in [1.807, 2.05) is 0 Å². The predicted octanol–water partition coefficient (Wildman–Crippen LogP) is 3.82. The van der Waals surface area contributed by atoms with Gasteiger partial charge in [0.2, 0.25) is 5.75 Å². The number of ether oxygens (including phenoxy) is 1. The Bertz CT molecular complexity index is 806. The van der Waals surface area contributed by atoms with Crippen molar-refractivity contribution in [3.05, 3.63) is 63.5 Å². The number of anilines is 1. The highest BCUT2D eigenvalue weighted by Crippen LogP contribution is 2.31. The smallest absolute Gasteiger partial charge is 0.387 e. The molecular formula is C15H10F3N3O3. The van der Waals surface area contributed by atoms with E-state index in [4.69, 9.17) is 5.26 Å². The third-order valence-electron chi connectivity index (χ3n) is 3.04. The average Bonchev–Trinajstić information content (AvgIpc) is 2.52. The molecular weight excluding hydrogens is 327 g/mol. The number of alkyl halides is 2. The van der Waals surface area contributed by atoms with Crippen LogP contribution in [-0.4, -0.2) is 11.5 Å². The lowest BCUT2D eigenvalue weighted by Gasteiger charge is -2.10. The normalized spacial score (nSPS) is 10.3. The van der Waals surface area contributed by atoms with Gasteiger partial charge in [-0.2, -0.15) is 14.0 Å². The van der Waals surface area contributed by atoms with Crippen molar-refractivity contribution in [2.75, 3.05) is 5.32 Å². The van der Waals surface area contributed by atoms with E-state index in [1.54, 1.807) is 6.07 Å². The van der Waals surface area contributed by atoms with Crippen LogP contribution in [0.1, 0.15) is 11.1 Å². The highest BCUT2D eigenvalue weighted by atomic mass is 19.3. The number of nitriles is 1. The van der Waals surface area contributed by atoms with Crippen LogP contribution in [0, 0.1) is 27.3 Å². The molecule has 0 fully saturated rings. The molecule has 0 unspecified atom stereocenters. The van der Waals surface area contributed by atoms with Crippen LogP contribution >= 0.6 is 0 Å². The molecule has 0 aliphatic heterocycles. The third-order valence-corrected chi connectivity index (χ3v) is 3.04. The Hall–Kier alpha value is -3.28. The van der Waals surface area contributed by atoms with Crippen LogP contribution in [0.2, 0.25) is 0 Å². The van der Waals surface area contributed by atoms with Gasteiger partial charge in [0.25, 0.3) is 0 Å². The van der Waals surface area contributed by atoms with E-state index in [0.717, 1.165) is 18.2 Å². The van der Waals surface area contributed by atoms with Gasteiger partial charge < -0.3 is 10.1 Å². The van der Waals surface area contributed by atoms with Crippen LogP contribution in [0.5, 0.6) is 5.75 Å². The maximum atomic E-state index is 13.8. The quantitative estimate of drug-likeness (QED) is 0.639. The van der Waals surface area contributed by atoms with Crippen molar-refractivity contribution in [2.45, 2.75) is 13.2 Å². The van der Waals surface area contributed by atoms with Crippen LogP contribution in [0.25, 0.3) is 0 Å². The summed E-state index contributed by atoms with van der Waals surface area (Å²) >= 11 is 0. The molecule has 0 spiro atoms. The third kappa shape index (κ3) is 4.13. The van der Waals surface area contributed by atoms with Crippen molar-refractivity contribution >= 4 is 11.4 Å². The molecule has 9 heteroatoms. The van der Waals surface area contributed by atoms with Crippen molar-refractivity contribution in [3.63, 3.8) is 0 Å². The molecule has 0 radical (unpaired) electrons. The van der Waals surface area contributed by atoms with Crippen LogP contribution in [0.15, 0.2) is 36.4 Å². The molecule has 2 aromatic rings. The lowest BCUT2D eigenvalue weighted by atomic mass is 10.1. The van der Waals surface area contributed by atoms with Gasteiger partial charge in [0.15, 0.2) is 0 Å². The number of rotatable bonds is 6. The Morgan fingerprint density at radius 2 is 2.04 bits per heavy atom. The monoisotopic (exact) mass is 337 g/mol. The topological polar surface area (TPSA) is 88.2 Å². The van der Waals surface area contributed by atoms with E-state index in [9.17, 15) is 23.3 Å². The summed E-state index contributed by atoms with van der Waals surface area (Å²) in [6.07, 6.45) is 0. The molecule has 0 aromatic heterocycles. The summed E-state index contributed by atoms with van der Waals surface area (Å²) < 4.78 is 42.5. The van der Waals surface area contributed by atoms with Crippen LogP contribution < -0.4 is 10.1 Å². The van der Waals surface area contributed by atoms with Crippen molar-refractivity contribution in [2.24, 2.45) is 0 Å². The largest absolute Gasteiger partial charge is 0.427 e. The van der Waals surface area contributed by atoms with Crippen LogP contribution in [0.4, 0.5) is 24.5 Å². The second kappa shape index (κ2) is 7.32. The summed E-state index contributed by atoms with van der Waals surface area (Å²) in [5.41, 5.74) is 0.0355. The zero-order chi connectivity index (χ0) is 17.7. The molecule has 0 amide bonds. The minimum absolute atomic E-state index is 0.0104. The maximum Gasteiger partial charge on any atom is 0.387 e. The van der Waals surface area contributed by atoms with Gasteiger partial charge >= 0.3 is 12.3 Å². The number of halogens is 3. The molecule has 2 rings (SSSR count). The summed E-state index contributed by atoms with van der Waals surface area (Å²) in [4.78, 5) is 9.94. The number of nitro benzene ring substituents is 1. The first kappa shape index (κ1) is 17.1. The molecule has 0 aliphatic carbocycles. The minimum atomic E-state index is -3.21. The summed E-state index contributed by atoms with van der Waals surface area (Å²) in [7, 11) is 0. The standard InChI is InChI=1S/C15H10F3N3O3/c16-12-5-9(7-19)1-2-10(12)8-20-11-3-4-13(21(22)23)14(6-11)24-15(17)18/h1-6,15,20H,8H2. The molecule has 0 saturated heterocycles. The minimum Gasteiger partial charge on any atom is -0.427 e. The van der Waals surface area contributed by atoms with E-state index in [1.165, 1.54) is 18.2 Å². The van der Waals surface area contributed by atoms with Gasteiger partial charge in [0, 0.05) is 29.9 Å². The van der Waals surface area contributed by atoms with Gasteiger partial charge in [0.05, 0.1) is 16.6 Å². The Kier molecular flexibility index (Phi) is 5.21. The zero-order valence-corrected chi connectivity index (χ0v) is 12.0. The molecule has 1 N–H and O–H groups in total. The van der Waals surface area contributed by atoms with Crippen molar-refractivity contribution in [1.29, 1.82) is 5.26 Å². The van der Waals surface area contributed by atoms with Gasteiger partial charge in [-0.05, 0) is 18.2 Å². The fourth-order valence-corrected chi connectivity index (χ4v) is 1.92. The second-order valence-corrected chi connectivity index (χ2v) is 4.59. The lowest BCUT2D eigenvalue weighted by Crippen LogP contribution is -2.06. The van der Waals surface area contributed by atoms with Crippen molar-refractivity contribution in [1.82, 2.24) is 0 Å². The molecule has 24 heavy (non-hydrogen) atoms. The lowest BCUT2D eigenvalue weighted by molar-refractivity contribution is -0.386. The summed E-state index contributed by atoms with van der Waals surface area (Å²) in [6.45, 7) is -3.22. The summed E-state index contributed by atoms with van der Waals surface area (Å²) in [6, 6.07) is 9.04. The molecule has 0 saturated carbocycles. The summed E-state index contributed by atoms with van der Waals surface area (Å²) in [5, 5.41) is 22.2. The van der Waals surface area contributed by atoms with Gasteiger partial charge in [-0.1, -0.05) is 6.07 Å². The fourth-order valence-electron chi connectivity index (χ4n) is 1.92. The molecule has 124 valence electrons. The fraction of sp³-hybridized carbons (Fsp3) is 0.133. The molecule has 6 nitrogen and oxygen atoms in total. The molecule has 2 aromatic carbocycles. The SMILES string of the molecule is N#Cc1ccc(CNc2ccc([N+](=O)[O-])c(OC(F)F)c2)c(F)c1. The van der Waals surface area contributed by atoms with Crippen molar-refractivity contribution < 1.29 is 22.8 Å². The van der Waals surface area contributed by atoms with Crippen LogP contribution in [-0.2, 0) is 6.54 Å². The van der Waals surface area contributed by atoms with Gasteiger partial charge in [-0.3, -0.25) is 10.1 Å². The number of nitrogens with zero attached hydrogens (tertiary/aromatic N) is 2. The van der Waals surface area contributed by atoms with E-state index in [-0.39, 0.29) is 23.4 Å². The Morgan fingerprint density at radius 3 is 2.62 bits per heavy atom. The Balaban J connectivity index is 2.18. The first-order chi connectivity index (χ1) is 11.4. The highest BCUT2D eigenvalue weighted by Gasteiger charge is 2.19. The van der Waals surface area contributed by atoms with Crippen LogP contribution in [0.3, 0.4) is 0 Å². The van der Waals surface area contributed by atoms with E-state index < -0.39 is 28.8 Å². The highest BCUT2D eigenvalue weighted by molar-refractivity contribution is 5.58. The second-order valence-electron chi connectivity index (χ2n) is 4.59. The van der Waals surface area contributed by atoms with E-state index in [0.29, 0.717) is 0 Å². The summed E-state index contributed by atoms with van der Waals surface area (Å²) in [5.74, 6) is -1.20. The number of nitrogens with one attached hydrogen (secondary N) is 1. The molecule has 0 bridgehead atoms. The molecule has 0 heterocycles. The first-order valence-corrected chi connectivity index (χ1v) is 6.56. The number of nitro groups is 1. The maximum absolute atomic E-state index is 13.8. The zero-order valence-electron chi connectivity index (χ0n) is 12.0. The van der Waals surface area contributed by atoms with Gasteiger partial charge in [0.1, 0.15) is 5.82 Å². The number of hydrogen-bond acceptors (Lipinski definition) is 5. The van der Waals surface area contributed by atoms with Gasteiger partial charge in [-0.25, -0.2) is 4.39 Å². The van der Waals surface area contributed by atoms with E-state index in [2.05, 4.69) is 10.1 Å².